The molecule has 58 valence electrons. The molecule has 0 atom stereocenters. The standard InChI is InChI=1S/C9H12N2/c1-6(2)7(3)9(5-10)8(4)11/h11H,1H2,2-4H3/b9-7-,11-8?. The Hall–Kier alpha value is -1.36. The molecule has 0 aliphatic carbocycles. The molecule has 0 aliphatic heterocycles. The van der Waals surface area contributed by atoms with Gasteiger partial charge >= 0.3 is 0 Å². The second-order valence-electron chi connectivity index (χ2n) is 2.52. The fourth-order valence-electron chi connectivity index (χ4n) is 0.662. The van der Waals surface area contributed by atoms with Gasteiger partial charge in [0.05, 0.1) is 5.57 Å². The molecular weight excluding hydrogens is 136 g/mol. The topological polar surface area (TPSA) is 47.6 Å². The molecular formula is C9H12N2. The van der Waals surface area contributed by atoms with E-state index in [-0.39, 0.29) is 0 Å². The summed E-state index contributed by atoms with van der Waals surface area (Å²) in [5, 5.41) is 15.9. The molecule has 2 nitrogen and oxygen atoms in total. The van der Waals surface area contributed by atoms with Gasteiger partial charge in [0.25, 0.3) is 0 Å². The van der Waals surface area contributed by atoms with Crippen molar-refractivity contribution in [1.29, 1.82) is 10.7 Å². The van der Waals surface area contributed by atoms with Gasteiger partial charge in [0.15, 0.2) is 0 Å². The Morgan fingerprint density at radius 3 is 1.91 bits per heavy atom. The molecule has 0 unspecified atom stereocenters. The van der Waals surface area contributed by atoms with E-state index in [0.717, 1.165) is 11.1 Å². The van der Waals surface area contributed by atoms with Crippen LogP contribution in [-0.2, 0) is 0 Å². The van der Waals surface area contributed by atoms with Gasteiger partial charge in [-0.1, -0.05) is 12.2 Å². The van der Waals surface area contributed by atoms with Crippen LogP contribution in [0.3, 0.4) is 0 Å². The van der Waals surface area contributed by atoms with Gasteiger partial charge in [0.2, 0.25) is 0 Å². The highest BCUT2D eigenvalue weighted by atomic mass is 14.4. The molecule has 0 aromatic rings. The monoisotopic (exact) mass is 148 g/mol. The number of nitriles is 1. The Morgan fingerprint density at radius 2 is 1.82 bits per heavy atom. The zero-order valence-electron chi connectivity index (χ0n) is 7.15. The first-order valence-corrected chi connectivity index (χ1v) is 3.33. The highest BCUT2D eigenvalue weighted by molar-refractivity contribution is 6.00. The molecule has 0 spiro atoms. The van der Waals surface area contributed by atoms with E-state index in [1.54, 1.807) is 13.8 Å². The lowest BCUT2D eigenvalue weighted by molar-refractivity contribution is 1.31. The van der Waals surface area contributed by atoms with Crippen LogP contribution < -0.4 is 0 Å². The Balaban J connectivity index is 5.04. The lowest BCUT2D eigenvalue weighted by Crippen LogP contribution is -1.96. The summed E-state index contributed by atoms with van der Waals surface area (Å²) >= 11 is 0. The van der Waals surface area contributed by atoms with Crippen LogP contribution in [0.4, 0.5) is 0 Å². The van der Waals surface area contributed by atoms with Gasteiger partial charge in [-0.2, -0.15) is 5.26 Å². The van der Waals surface area contributed by atoms with Crippen molar-refractivity contribution in [2.24, 2.45) is 0 Å². The highest BCUT2D eigenvalue weighted by Gasteiger charge is 2.03. The molecule has 0 saturated heterocycles. The molecule has 1 N–H and O–H groups in total. The molecule has 0 radical (unpaired) electrons. The van der Waals surface area contributed by atoms with E-state index in [9.17, 15) is 0 Å². The highest BCUT2D eigenvalue weighted by Crippen LogP contribution is 2.11. The van der Waals surface area contributed by atoms with Gasteiger partial charge < -0.3 is 5.41 Å². The van der Waals surface area contributed by atoms with Gasteiger partial charge in [-0.25, -0.2) is 0 Å². The molecule has 11 heavy (non-hydrogen) atoms. The molecule has 0 rings (SSSR count). The van der Waals surface area contributed by atoms with Crippen LogP contribution in [-0.4, -0.2) is 5.71 Å². The number of allylic oxidation sites excluding steroid dienone is 3. The Labute approximate surface area is 67.4 Å². The van der Waals surface area contributed by atoms with E-state index in [1.165, 1.54) is 0 Å². The number of hydrogen-bond acceptors (Lipinski definition) is 2. The van der Waals surface area contributed by atoms with Crippen molar-refractivity contribution in [3.8, 4) is 6.07 Å². The molecule has 0 aromatic heterocycles. The minimum atomic E-state index is 0.299. The second kappa shape index (κ2) is 3.72. The third-order valence-corrected chi connectivity index (χ3v) is 1.50. The van der Waals surface area contributed by atoms with Crippen LogP contribution in [0.1, 0.15) is 20.8 Å². The van der Waals surface area contributed by atoms with E-state index in [4.69, 9.17) is 10.7 Å². The van der Waals surface area contributed by atoms with Crippen LogP contribution >= 0.6 is 0 Å². The quantitative estimate of drug-likeness (QED) is 0.365. The van der Waals surface area contributed by atoms with E-state index >= 15 is 0 Å². The largest absolute Gasteiger partial charge is 0.304 e. The SMILES string of the molecule is C=C(C)/C(C)=C(/C#N)C(C)=N. The lowest BCUT2D eigenvalue weighted by Gasteiger charge is -2.01. The third kappa shape index (κ3) is 2.38. The van der Waals surface area contributed by atoms with Crippen LogP contribution in [0.2, 0.25) is 0 Å². The minimum Gasteiger partial charge on any atom is -0.304 e. The van der Waals surface area contributed by atoms with E-state index < -0.39 is 0 Å². The van der Waals surface area contributed by atoms with Crippen molar-refractivity contribution in [3.63, 3.8) is 0 Å². The number of hydrogen-bond donors (Lipinski definition) is 1. The van der Waals surface area contributed by atoms with Gasteiger partial charge in [0, 0.05) is 5.71 Å². The summed E-state index contributed by atoms with van der Waals surface area (Å²) in [6.45, 7) is 8.94. The smallest absolute Gasteiger partial charge is 0.101 e. The summed E-state index contributed by atoms with van der Waals surface area (Å²) in [6, 6.07) is 1.98. The zero-order valence-corrected chi connectivity index (χ0v) is 7.15. The first kappa shape index (κ1) is 9.64. The van der Waals surface area contributed by atoms with Crippen molar-refractivity contribution in [3.05, 3.63) is 23.3 Å². The van der Waals surface area contributed by atoms with Crippen molar-refractivity contribution < 1.29 is 0 Å². The third-order valence-electron chi connectivity index (χ3n) is 1.50. The summed E-state index contributed by atoms with van der Waals surface area (Å²) < 4.78 is 0. The minimum absolute atomic E-state index is 0.299. The molecule has 2 heteroatoms. The fraction of sp³-hybridized carbons (Fsp3) is 0.333. The summed E-state index contributed by atoms with van der Waals surface area (Å²) in [6.07, 6.45) is 0. The van der Waals surface area contributed by atoms with Crippen molar-refractivity contribution >= 4 is 5.71 Å². The Kier molecular flexibility index (Phi) is 3.26. The maximum atomic E-state index is 8.63. The second-order valence-corrected chi connectivity index (χ2v) is 2.52. The normalized spacial score (nSPS) is 11.5. The summed E-state index contributed by atoms with van der Waals surface area (Å²) in [7, 11) is 0. The van der Waals surface area contributed by atoms with Crippen molar-refractivity contribution in [2.45, 2.75) is 20.8 Å². The molecule has 0 bridgehead atoms. The fourth-order valence-corrected chi connectivity index (χ4v) is 0.662. The number of nitrogens with zero attached hydrogens (tertiary/aromatic N) is 1. The summed E-state index contributed by atoms with van der Waals surface area (Å²) in [5.74, 6) is 0. The van der Waals surface area contributed by atoms with Crippen LogP contribution in [0.5, 0.6) is 0 Å². The maximum Gasteiger partial charge on any atom is 0.101 e. The number of nitrogens with one attached hydrogen (secondary N) is 1. The van der Waals surface area contributed by atoms with Gasteiger partial charge in [-0.15, -0.1) is 0 Å². The van der Waals surface area contributed by atoms with Gasteiger partial charge in [-0.3, -0.25) is 0 Å². The molecule has 0 amide bonds. The zero-order chi connectivity index (χ0) is 9.02. The average Bonchev–Trinajstić information content (AvgIpc) is 1.88. The molecule has 0 saturated carbocycles. The van der Waals surface area contributed by atoms with Gasteiger partial charge in [-0.05, 0) is 26.3 Å². The predicted molar refractivity (Wildman–Crippen MR) is 46.5 cm³/mol. The maximum absolute atomic E-state index is 8.63. The Morgan fingerprint density at radius 1 is 1.36 bits per heavy atom. The first-order valence-electron chi connectivity index (χ1n) is 3.33. The molecule has 0 aliphatic rings. The van der Waals surface area contributed by atoms with Crippen molar-refractivity contribution in [2.75, 3.05) is 0 Å². The molecule has 0 aromatic carbocycles. The van der Waals surface area contributed by atoms with Crippen LogP contribution in [0, 0.1) is 16.7 Å². The first-order chi connectivity index (χ1) is 5.00. The Bertz CT molecular complexity index is 264. The predicted octanol–water partition coefficient (Wildman–Crippen LogP) is 2.44. The average molecular weight is 148 g/mol. The van der Waals surface area contributed by atoms with E-state index in [1.807, 2.05) is 13.0 Å². The number of rotatable bonds is 2. The lowest BCUT2D eigenvalue weighted by atomic mass is 10.0. The molecule has 0 fully saturated rings. The summed E-state index contributed by atoms with van der Waals surface area (Å²) in [5.41, 5.74) is 2.37. The van der Waals surface area contributed by atoms with E-state index in [0.29, 0.717) is 11.3 Å². The van der Waals surface area contributed by atoms with Crippen molar-refractivity contribution in [1.82, 2.24) is 0 Å². The van der Waals surface area contributed by atoms with Crippen LogP contribution in [0.25, 0.3) is 0 Å². The van der Waals surface area contributed by atoms with E-state index in [2.05, 4.69) is 6.58 Å². The van der Waals surface area contributed by atoms with Crippen LogP contribution in [0.15, 0.2) is 23.3 Å². The van der Waals surface area contributed by atoms with Gasteiger partial charge in [0.1, 0.15) is 6.07 Å². The summed E-state index contributed by atoms with van der Waals surface area (Å²) in [4.78, 5) is 0. The molecule has 0 heterocycles.